The first kappa shape index (κ1) is 20.9. The van der Waals surface area contributed by atoms with Gasteiger partial charge in [0.2, 0.25) is 0 Å². The van der Waals surface area contributed by atoms with Crippen LogP contribution in [0.5, 0.6) is 0 Å². The van der Waals surface area contributed by atoms with E-state index in [1.54, 1.807) is 38.2 Å². The van der Waals surface area contributed by atoms with Crippen molar-refractivity contribution in [1.29, 1.82) is 5.26 Å². The Kier molecular flexibility index (Phi) is 6.74. The molecule has 9 heteroatoms. The van der Waals surface area contributed by atoms with Crippen molar-refractivity contribution in [2.24, 2.45) is 0 Å². The van der Waals surface area contributed by atoms with Crippen LogP contribution in [0.4, 0.5) is 24.5 Å². The molecule has 146 valence electrons. The van der Waals surface area contributed by atoms with Crippen molar-refractivity contribution < 1.29 is 27.7 Å². The molecule has 0 radical (unpaired) electrons. The molecule has 0 saturated heterocycles. The third-order valence-electron chi connectivity index (χ3n) is 4.16. The topological polar surface area (TPSA) is 86.4 Å². The monoisotopic (exact) mass is 391 g/mol. The van der Waals surface area contributed by atoms with Gasteiger partial charge in [0, 0.05) is 5.69 Å². The van der Waals surface area contributed by atoms with Gasteiger partial charge >= 0.3 is 0 Å². The minimum atomic E-state index is -1.67. The molecule has 3 N–H and O–H groups in total. The van der Waals surface area contributed by atoms with Crippen molar-refractivity contribution in [3.8, 4) is 6.07 Å². The molecule has 0 aliphatic heterocycles. The summed E-state index contributed by atoms with van der Waals surface area (Å²) in [6.07, 6.45) is 0. The van der Waals surface area contributed by atoms with Crippen LogP contribution in [0.25, 0.3) is 0 Å². The molecule has 2 aromatic rings. The lowest BCUT2D eigenvalue weighted by molar-refractivity contribution is -0.885. The highest BCUT2D eigenvalue weighted by Gasteiger charge is 2.25. The number of quaternary nitrogens is 1. The minimum Gasteiger partial charge on any atom is -0.321 e. The number of rotatable bonds is 6. The first-order valence-electron chi connectivity index (χ1n) is 8.29. The number of carbonyl (C=O) groups excluding carboxylic acids is 2. The van der Waals surface area contributed by atoms with E-state index in [0.717, 1.165) is 6.07 Å². The fourth-order valence-corrected chi connectivity index (χ4v) is 2.33. The third kappa shape index (κ3) is 5.08. The predicted molar refractivity (Wildman–Crippen MR) is 95.9 cm³/mol. The number of likely N-dealkylation sites (N-methyl/N-ethyl adjacent to an activating group) is 1. The Morgan fingerprint density at radius 2 is 1.71 bits per heavy atom. The van der Waals surface area contributed by atoms with Gasteiger partial charge in [0.25, 0.3) is 11.8 Å². The van der Waals surface area contributed by atoms with Crippen molar-refractivity contribution in [1.82, 2.24) is 0 Å². The van der Waals surface area contributed by atoms with Gasteiger partial charge in [-0.2, -0.15) is 5.26 Å². The number of nitrogens with one attached hydrogen (secondary N) is 3. The van der Waals surface area contributed by atoms with Gasteiger partial charge in [-0.25, -0.2) is 13.2 Å². The van der Waals surface area contributed by atoms with Crippen molar-refractivity contribution in [3.05, 3.63) is 59.4 Å². The molecular formula is C19H18F3N4O2+. The second-order valence-corrected chi connectivity index (χ2v) is 6.19. The van der Waals surface area contributed by atoms with Gasteiger partial charge < -0.3 is 15.5 Å². The summed E-state index contributed by atoms with van der Waals surface area (Å²) in [7, 11) is 1.59. The second kappa shape index (κ2) is 9.01. The van der Waals surface area contributed by atoms with Crippen molar-refractivity contribution in [2.75, 3.05) is 24.2 Å². The lowest BCUT2D eigenvalue weighted by atomic mass is 10.2. The number of nitrogens with zero attached hydrogens (tertiary/aromatic N) is 1. The highest BCUT2D eigenvalue weighted by Crippen LogP contribution is 2.19. The van der Waals surface area contributed by atoms with Gasteiger partial charge in [-0.15, -0.1) is 0 Å². The van der Waals surface area contributed by atoms with Crippen LogP contribution >= 0.6 is 0 Å². The summed E-state index contributed by atoms with van der Waals surface area (Å²) in [5.41, 5.74) is 0.471. The molecular weight excluding hydrogens is 373 g/mol. The molecule has 28 heavy (non-hydrogen) atoms. The Morgan fingerprint density at radius 1 is 1.07 bits per heavy atom. The van der Waals surface area contributed by atoms with Gasteiger partial charge in [-0.3, -0.25) is 9.59 Å². The van der Waals surface area contributed by atoms with Gasteiger partial charge in [0.15, 0.2) is 30.0 Å². The first-order chi connectivity index (χ1) is 13.2. The Balaban J connectivity index is 1.94. The number of hydrogen-bond donors (Lipinski definition) is 3. The number of carbonyl (C=O) groups is 2. The average Bonchev–Trinajstić information content (AvgIpc) is 2.68. The Morgan fingerprint density at radius 3 is 2.32 bits per heavy atom. The van der Waals surface area contributed by atoms with Crippen LogP contribution in [-0.2, 0) is 9.59 Å². The summed E-state index contributed by atoms with van der Waals surface area (Å²) in [6.45, 7) is 1.39. The largest absolute Gasteiger partial charge is 0.321 e. The standard InChI is InChI=1S/C19H17F3N4O2/c1-11(19(28)24-13-5-3-12(9-23)4-6-13)26(2)10-16(27)25-15-8-7-14(20)17(21)18(15)22/h3-8,11H,10H2,1-2H3,(H,24,28)(H,25,27)/p+1/t11-/m1/s1. The average molecular weight is 391 g/mol. The van der Waals surface area contributed by atoms with Crippen LogP contribution in [0.2, 0.25) is 0 Å². The molecule has 0 fully saturated rings. The lowest BCUT2D eigenvalue weighted by Crippen LogP contribution is -3.14. The van der Waals surface area contributed by atoms with E-state index in [-0.39, 0.29) is 12.5 Å². The SMILES string of the molecule is C[C@H](C(=O)Nc1ccc(C#N)cc1)[NH+](C)CC(=O)Nc1ccc(F)c(F)c1F. The molecule has 0 aliphatic rings. The van der Waals surface area contributed by atoms with Gasteiger partial charge in [0.05, 0.1) is 24.4 Å². The first-order valence-corrected chi connectivity index (χ1v) is 8.29. The maximum Gasteiger partial charge on any atom is 0.282 e. The molecule has 0 saturated carbocycles. The highest BCUT2D eigenvalue weighted by molar-refractivity contribution is 5.94. The van der Waals surface area contributed by atoms with Crippen LogP contribution in [-0.4, -0.2) is 31.4 Å². The summed E-state index contributed by atoms with van der Waals surface area (Å²) in [6, 6.07) is 9.22. The number of hydrogen-bond acceptors (Lipinski definition) is 3. The zero-order chi connectivity index (χ0) is 20.8. The van der Waals surface area contributed by atoms with E-state index in [9.17, 15) is 22.8 Å². The fourth-order valence-electron chi connectivity index (χ4n) is 2.33. The summed E-state index contributed by atoms with van der Waals surface area (Å²) in [5, 5.41) is 13.6. The van der Waals surface area contributed by atoms with E-state index in [2.05, 4.69) is 10.6 Å². The zero-order valence-electron chi connectivity index (χ0n) is 15.1. The summed E-state index contributed by atoms with van der Waals surface area (Å²) in [4.78, 5) is 24.8. The molecule has 0 spiro atoms. The summed E-state index contributed by atoms with van der Waals surface area (Å²) < 4.78 is 39.8. The van der Waals surface area contributed by atoms with Gasteiger partial charge in [-0.1, -0.05) is 0 Å². The van der Waals surface area contributed by atoms with Crippen molar-refractivity contribution in [2.45, 2.75) is 13.0 Å². The second-order valence-electron chi connectivity index (χ2n) is 6.19. The molecule has 2 rings (SSSR count). The van der Waals surface area contributed by atoms with Crippen LogP contribution in [0.3, 0.4) is 0 Å². The van der Waals surface area contributed by atoms with E-state index in [0.29, 0.717) is 22.2 Å². The van der Waals surface area contributed by atoms with Crippen LogP contribution < -0.4 is 15.5 Å². The number of amides is 2. The smallest absolute Gasteiger partial charge is 0.282 e. The van der Waals surface area contributed by atoms with E-state index < -0.39 is 35.1 Å². The summed E-state index contributed by atoms with van der Waals surface area (Å²) >= 11 is 0. The number of nitriles is 1. The molecule has 6 nitrogen and oxygen atoms in total. The highest BCUT2D eigenvalue weighted by atomic mass is 19.2. The zero-order valence-corrected chi connectivity index (χ0v) is 15.1. The van der Waals surface area contributed by atoms with Crippen molar-refractivity contribution >= 4 is 23.2 Å². The number of halogens is 3. The van der Waals surface area contributed by atoms with Gasteiger partial charge in [0.1, 0.15) is 0 Å². The molecule has 0 heterocycles. The van der Waals surface area contributed by atoms with E-state index >= 15 is 0 Å². The van der Waals surface area contributed by atoms with Crippen LogP contribution in [0.1, 0.15) is 12.5 Å². The molecule has 2 aromatic carbocycles. The van der Waals surface area contributed by atoms with E-state index in [1.165, 1.54) is 0 Å². The summed E-state index contributed by atoms with van der Waals surface area (Å²) in [5.74, 6) is -5.55. The molecule has 1 unspecified atom stereocenters. The molecule has 2 atom stereocenters. The minimum absolute atomic E-state index is 0.208. The lowest BCUT2D eigenvalue weighted by Gasteiger charge is -2.20. The van der Waals surface area contributed by atoms with Crippen molar-refractivity contribution in [3.63, 3.8) is 0 Å². The number of anilines is 2. The predicted octanol–water partition coefficient (Wildman–Crippen LogP) is 1.46. The molecule has 0 aromatic heterocycles. The number of benzene rings is 2. The molecule has 0 bridgehead atoms. The third-order valence-corrected chi connectivity index (χ3v) is 4.16. The van der Waals surface area contributed by atoms with E-state index in [1.807, 2.05) is 6.07 Å². The van der Waals surface area contributed by atoms with Gasteiger partial charge in [-0.05, 0) is 43.3 Å². The molecule has 0 aliphatic carbocycles. The fraction of sp³-hybridized carbons (Fsp3) is 0.211. The maximum atomic E-state index is 13.6. The molecule has 2 amide bonds. The van der Waals surface area contributed by atoms with Crippen LogP contribution in [0, 0.1) is 28.8 Å². The quantitative estimate of drug-likeness (QED) is 0.652. The normalized spacial score (nSPS) is 12.6. The van der Waals surface area contributed by atoms with Crippen LogP contribution in [0.15, 0.2) is 36.4 Å². The Bertz CT molecular complexity index is 926. The van der Waals surface area contributed by atoms with E-state index in [4.69, 9.17) is 5.26 Å². The maximum absolute atomic E-state index is 13.6. The Hall–Kier alpha value is -3.38. The Labute approximate surface area is 159 Å².